The molecule has 0 saturated carbocycles. The van der Waals surface area contributed by atoms with E-state index >= 15 is 0 Å². The molecule has 0 bridgehead atoms. The van der Waals surface area contributed by atoms with Crippen molar-refractivity contribution in [2.24, 2.45) is 5.92 Å². The molecule has 1 aromatic rings. The molecule has 1 atom stereocenters. The van der Waals surface area contributed by atoms with E-state index in [4.69, 9.17) is 14.2 Å². The predicted octanol–water partition coefficient (Wildman–Crippen LogP) is 2.47. The van der Waals surface area contributed by atoms with Crippen molar-refractivity contribution in [3.8, 4) is 5.75 Å². The van der Waals surface area contributed by atoms with E-state index in [1.54, 1.807) is 7.11 Å². The average Bonchev–Trinajstić information content (AvgIpc) is 2.54. The molecule has 1 aromatic carbocycles. The quantitative estimate of drug-likeness (QED) is 0.817. The highest BCUT2D eigenvalue weighted by Gasteiger charge is 2.31. The Morgan fingerprint density at radius 3 is 2.86 bits per heavy atom. The Hall–Kier alpha value is -1.75. The molecule has 2 rings (SSSR count). The monoisotopic (exact) mass is 293 g/mol. The summed E-state index contributed by atoms with van der Waals surface area (Å²) in [5, 5.41) is 3.30. The van der Waals surface area contributed by atoms with Gasteiger partial charge in [0.05, 0.1) is 13.7 Å². The molecule has 1 fully saturated rings. The molecule has 0 aromatic heterocycles. The number of ether oxygens (including phenoxy) is 3. The Morgan fingerprint density at radius 1 is 1.43 bits per heavy atom. The number of carbonyl (C=O) groups is 1. The maximum Gasteiger partial charge on any atom is 0.328 e. The summed E-state index contributed by atoms with van der Waals surface area (Å²) in [7, 11) is 1.63. The van der Waals surface area contributed by atoms with Gasteiger partial charge in [0, 0.05) is 25.0 Å². The molecule has 0 radical (unpaired) electrons. The Kier molecular flexibility index (Phi) is 5.87. The summed E-state index contributed by atoms with van der Waals surface area (Å²) in [5.74, 6) is 0.783. The summed E-state index contributed by atoms with van der Waals surface area (Å²) in [4.78, 5) is 12.2. The van der Waals surface area contributed by atoms with Crippen LogP contribution in [0.4, 0.5) is 5.69 Å². The Bertz CT molecular complexity index is 457. The van der Waals surface area contributed by atoms with Crippen molar-refractivity contribution in [2.45, 2.75) is 25.8 Å². The maximum atomic E-state index is 12.2. The number of anilines is 1. The Balaban J connectivity index is 2.11. The number of methoxy groups -OCH3 is 1. The average molecular weight is 293 g/mol. The molecule has 1 heterocycles. The van der Waals surface area contributed by atoms with Crippen molar-refractivity contribution in [1.29, 1.82) is 0 Å². The molecule has 5 heteroatoms. The molecule has 1 aliphatic rings. The van der Waals surface area contributed by atoms with E-state index in [1.165, 1.54) is 0 Å². The molecular formula is C16H23NO4. The number of benzene rings is 1. The SMILES string of the molecule is CCOC(=O)C(Nc1cccc(OC)c1)C1CCOCC1. The first kappa shape index (κ1) is 15.6. The highest BCUT2D eigenvalue weighted by Crippen LogP contribution is 2.25. The van der Waals surface area contributed by atoms with Gasteiger partial charge in [-0.25, -0.2) is 4.79 Å². The lowest BCUT2D eigenvalue weighted by molar-refractivity contribution is -0.146. The van der Waals surface area contributed by atoms with Gasteiger partial charge < -0.3 is 19.5 Å². The molecule has 0 aliphatic carbocycles. The first-order chi connectivity index (χ1) is 10.2. The van der Waals surface area contributed by atoms with Gasteiger partial charge in [-0.2, -0.15) is 0 Å². The molecule has 5 nitrogen and oxygen atoms in total. The minimum atomic E-state index is -0.346. The van der Waals surface area contributed by atoms with E-state index in [0.717, 1.165) is 24.3 Å². The van der Waals surface area contributed by atoms with Crippen LogP contribution in [-0.2, 0) is 14.3 Å². The van der Waals surface area contributed by atoms with Crippen LogP contribution in [0.15, 0.2) is 24.3 Å². The molecule has 0 spiro atoms. The van der Waals surface area contributed by atoms with E-state index in [0.29, 0.717) is 19.8 Å². The van der Waals surface area contributed by atoms with E-state index < -0.39 is 0 Å². The minimum absolute atomic E-state index is 0.202. The lowest BCUT2D eigenvalue weighted by atomic mass is 9.91. The number of nitrogens with one attached hydrogen (secondary N) is 1. The van der Waals surface area contributed by atoms with Gasteiger partial charge in [0.15, 0.2) is 0 Å². The highest BCUT2D eigenvalue weighted by molar-refractivity contribution is 5.79. The highest BCUT2D eigenvalue weighted by atomic mass is 16.5. The van der Waals surface area contributed by atoms with Crippen LogP contribution in [0, 0.1) is 5.92 Å². The van der Waals surface area contributed by atoms with Crippen LogP contribution in [0.3, 0.4) is 0 Å². The number of hydrogen-bond acceptors (Lipinski definition) is 5. The second-order valence-electron chi connectivity index (χ2n) is 5.06. The zero-order chi connectivity index (χ0) is 15.1. The number of carbonyl (C=O) groups excluding carboxylic acids is 1. The molecule has 1 N–H and O–H groups in total. The van der Waals surface area contributed by atoms with Crippen molar-refractivity contribution < 1.29 is 19.0 Å². The first-order valence-electron chi connectivity index (χ1n) is 7.39. The zero-order valence-electron chi connectivity index (χ0n) is 12.6. The largest absolute Gasteiger partial charge is 0.497 e. The van der Waals surface area contributed by atoms with Crippen molar-refractivity contribution in [1.82, 2.24) is 0 Å². The zero-order valence-corrected chi connectivity index (χ0v) is 12.6. The molecule has 0 amide bonds. The molecule has 1 saturated heterocycles. The van der Waals surface area contributed by atoms with Crippen molar-refractivity contribution in [2.75, 3.05) is 32.2 Å². The third-order valence-corrected chi connectivity index (χ3v) is 3.67. The van der Waals surface area contributed by atoms with Gasteiger partial charge in [0.25, 0.3) is 0 Å². The van der Waals surface area contributed by atoms with Crippen LogP contribution in [0.1, 0.15) is 19.8 Å². The van der Waals surface area contributed by atoms with Crippen LogP contribution in [0.5, 0.6) is 5.75 Å². The lowest BCUT2D eigenvalue weighted by Crippen LogP contribution is -2.41. The van der Waals surface area contributed by atoms with Gasteiger partial charge in [0.1, 0.15) is 11.8 Å². The van der Waals surface area contributed by atoms with Crippen LogP contribution < -0.4 is 10.1 Å². The number of esters is 1. The topological polar surface area (TPSA) is 56.8 Å². The standard InChI is InChI=1S/C16H23NO4/c1-3-21-16(18)15(12-7-9-20-10-8-12)17-13-5-4-6-14(11-13)19-2/h4-6,11-12,15,17H,3,7-10H2,1-2H3. The van der Waals surface area contributed by atoms with Crippen molar-refractivity contribution in [3.05, 3.63) is 24.3 Å². The molecule has 116 valence electrons. The minimum Gasteiger partial charge on any atom is -0.497 e. The summed E-state index contributed by atoms with van der Waals surface area (Å²) in [6.07, 6.45) is 1.72. The van der Waals surface area contributed by atoms with Crippen molar-refractivity contribution in [3.63, 3.8) is 0 Å². The molecule has 1 aliphatic heterocycles. The van der Waals surface area contributed by atoms with Crippen LogP contribution in [0.25, 0.3) is 0 Å². The van der Waals surface area contributed by atoms with E-state index in [1.807, 2.05) is 31.2 Å². The lowest BCUT2D eigenvalue weighted by Gasteiger charge is -2.30. The van der Waals surface area contributed by atoms with Gasteiger partial charge in [0.2, 0.25) is 0 Å². The van der Waals surface area contributed by atoms with Crippen molar-refractivity contribution >= 4 is 11.7 Å². The summed E-state index contributed by atoms with van der Waals surface area (Å²) in [6, 6.07) is 7.23. The normalized spacial score (nSPS) is 17.0. The summed E-state index contributed by atoms with van der Waals surface area (Å²) in [6.45, 7) is 3.60. The molecule has 21 heavy (non-hydrogen) atoms. The van der Waals surface area contributed by atoms with Gasteiger partial charge >= 0.3 is 5.97 Å². The maximum absolute atomic E-state index is 12.2. The predicted molar refractivity (Wildman–Crippen MR) is 80.6 cm³/mol. The second-order valence-corrected chi connectivity index (χ2v) is 5.06. The van der Waals surface area contributed by atoms with Gasteiger partial charge in [-0.3, -0.25) is 0 Å². The third kappa shape index (κ3) is 4.36. The van der Waals surface area contributed by atoms with Gasteiger partial charge in [-0.15, -0.1) is 0 Å². The third-order valence-electron chi connectivity index (χ3n) is 3.67. The van der Waals surface area contributed by atoms with E-state index in [-0.39, 0.29) is 17.9 Å². The van der Waals surface area contributed by atoms with Crippen LogP contribution in [-0.4, -0.2) is 38.9 Å². The molecular weight excluding hydrogens is 270 g/mol. The fourth-order valence-corrected chi connectivity index (χ4v) is 2.54. The Labute approximate surface area is 125 Å². The van der Waals surface area contributed by atoms with E-state index in [2.05, 4.69) is 5.32 Å². The van der Waals surface area contributed by atoms with Gasteiger partial charge in [-0.1, -0.05) is 6.07 Å². The molecule has 1 unspecified atom stereocenters. The Morgan fingerprint density at radius 2 is 2.19 bits per heavy atom. The van der Waals surface area contributed by atoms with Gasteiger partial charge in [-0.05, 0) is 37.8 Å². The van der Waals surface area contributed by atoms with Crippen LogP contribution in [0.2, 0.25) is 0 Å². The summed E-state index contributed by atoms with van der Waals surface area (Å²) in [5.41, 5.74) is 0.860. The fourth-order valence-electron chi connectivity index (χ4n) is 2.54. The van der Waals surface area contributed by atoms with E-state index in [9.17, 15) is 4.79 Å². The van der Waals surface area contributed by atoms with Crippen LogP contribution >= 0.6 is 0 Å². The summed E-state index contributed by atoms with van der Waals surface area (Å²) >= 11 is 0. The second kappa shape index (κ2) is 7.88. The number of rotatable bonds is 6. The first-order valence-corrected chi connectivity index (χ1v) is 7.39. The number of hydrogen-bond donors (Lipinski definition) is 1. The smallest absolute Gasteiger partial charge is 0.328 e. The summed E-state index contributed by atoms with van der Waals surface area (Å²) < 4.78 is 15.8. The fraction of sp³-hybridized carbons (Fsp3) is 0.562.